The number of rotatable bonds is 1. The van der Waals surface area contributed by atoms with Crippen molar-refractivity contribution in [2.45, 2.75) is 13.5 Å². The van der Waals surface area contributed by atoms with Gasteiger partial charge in [-0.3, -0.25) is 4.98 Å². The molecule has 0 aliphatic rings. The van der Waals surface area contributed by atoms with Crippen molar-refractivity contribution in [3.05, 3.63) is 28.0 Å². The highest BCUT2D eigenvalue weighted by Gasteiger charge is 1.98. The number of hydrogen-bond donors (Lipinski definition) is 1. The summed E-state index contributed by atoms with van der Waals surface area (Å²) in [4.78, 5) is 4.10. The maximum absolute atomic E-state index is 5.44. The molecule has 0 fully saturated rings. The van der Waals surface area contributed by atoms with Crippen molar-refractivity contribution in [3.8, 4) is 0 Å². The van der Waals surface area contributed by atoms with Gasteiger partial charge in [-0.15, -0.1) is 0 Å². The zero-order valence-corrected chi connectivity index (χ0v) is 7.35. The number of hydrogen-bond acceptors (Lipinski definition) is 2. The summed E-state index contributed by atoms with van der Waals surface area (Å²) in [7, 11) is 0. The highest BCUT2D eigenvalue weighted by atomic mass is 79.9. The molecule has 1 rings (SSSR count). The SMILES string of the molecule is Cc1c(Br)ccnc1CN. The summed E-state index contributed by atoms with van der Waals surface area (Å²) in [5, 5.41) is 0. The van der Waals surface area contributed by atoms with Gasteiger partial charge in [-0.1, -0.05) is 15.9 Å². The molecule has 1 aromatic heterocycles. The van der Waals surface area contributed by atoms with E-state index in [2.05, 4.69) is 20.9 Å². The minimum Gasteiger partial charge on any atom is -0.325 e. The summed E-state index contributed by atoms with van der Waals surface area (Å²) in [5.74, 6) is 0. The average molecular weight is 201 g/mol. The first-order valence-corrected chi connectivity index (χ1v) is 3.85. The lowest BCUT2D eigenvalue weighted by Crippen LogP contribution is -2.01. The third-order valence-corrected chi connectivity index (χ3v) is 2.29. The van der Waals surface area contributed by atoms with Gasteiger partial charge in [-0.2, -0.15) is 0 Å². The van der Waals surface area contributed by atoms with Gasteiger partial charge in [0.15, 0.2) is 0 Å². The van der Waals surface area contributed by atoms with Crippen LogP contribution in [0, 0.1) is 6.92 Å². The van der Waals surface area contributed by atoms with Crippen molar-refractivity contribution >= 4 is 15.9 Å². The molecule has 3 heteroatoms. The lowest BCUT2D eigenvalue weighted by atomic mass is 10.2. The second-order valence-electron chi connectivity index (χ2n) is 2.07. The van der Waals surface area contributed by atoms with E-state index in [4.69, 9.17) is 5.73 Å². The Morgan fingerprint density at radius 1 is 1.70 bits per heavy atom. The van der Waals surface area contributed by atoms with Gasteiger partial charge in [0.2, 0.25) is 0 Å². The zero-order valence-electron chi connectivity index (χ0n) is 5.76. The Hall–Kier alpha value is -0.410. The summed E-state index contributed by atoms with van der Waals surface area (Å²) in [6, 6.07) is 1.91. The summed E-state index contributed by atoms with van der Waals surface area (Å²) < 4.78 is 1.07. The van der Waals surface area contributed by atoms with Crippen LogP contribution in [0.25, 0.3) is 0 Å². The van der Waals surface area contributed by atoms with Gasteiger partial charge in [0, 0.05) is 17.2 Å². The molecule has 0 amide bonds. The van der Waals surface area contributed by atoms with Gasteiger partial charge in [0.25, 0.3) is 0 Å². The minimum absolute atomic E-state index is 0.505. The molecular formula is C7H9BrN2. The average Bonchev–Trinajstić information content (AvgIpc) is 1.95. The number of halogens is 1. The number of pyridine rings is 1. The first-order chi connectivity index (χ1) is 4.75. The van der Waals surface area contributed by atoms with E-state index in [1.165, 1.54) is 0 Å². The quantitative estimate of drug-likeness (QED) is 0.749. The number of nitrogens with zero attached hydrogens (tertiary/aromatic N) is 1. The smallest absolute Gasteiger partial charge is 0.0579 e. The van der Waals surface area contributed by atoms with Gasteiger partial charge in [-0.05, 0) is 18.6 Å². The molecular weight excluding hydrogens is 192 g/mol. The van der Waals surface area contributed by atoms with Crippen LogP contribution >= 0.6 is 15.9 Å². The van der Waals surface area contributed by atoms with Crippen LogP contribution in [0.15, 0.2) is 16.7 Å². The van der Waals surface area contributed by atoms with Gasteiger partial charge < -0.3 is 5.73 Å². The zero-order chi connectivity index (χ0) is 7.56. The summed E-state index contributed by atoms with van der Waals surface area (Å²) >= 11 is 3.39. The van der Waals surface area contributed by atoms with E-state index in [1.54, 1.807) is 6.20 Å². The van der Waals surface area contributed by atoms with E-state index in [0.29, 0.717) is 6.54 Å². The Labute approximate surface area is 68.6 Å². The number of nitrogens with two attached hydrogens (primary N) is 1. The lowest BCUT2D eigenvalue weighted by molar-refractivity contribution is 0.964. The van der Waals surface area contributed by atoms with Crippen molar-refractivity contribution in [2.24, 2.45) is 5.73 Å². The molecule has 2 nitrogen and oxygen atoms in total. The monoisotopic (exact) mass is 200 g/mol. The topological polar surface area (TPSA) is 38.9 Å². The van der Waals surface area contributed by atoms with Crippen LogP contribution in [0.3, 0.4) is 0 Å². The largest absolute Gasteiger partial charge is 0.325 e. The first-order valence-electron chi connectivity index (χ1n) is 3.05. The molecule has 0 saturated heterocycles. The Bertz CT molecular complexity index is 235. The van der Waals surface area contributed by atoms with Gasteiger partial charge >= 0.3 is 0 Å². The summed E-state index contributed by atoms with van der Waals surface area (Å²) in [5.41, 5.74) is 7.52. The van der Waals surface area contributed by atoms with Crippen molar-refractivity contribution in [3.63, 3.8) is 0 Å². The second-order valence-corrected chi connectivity index (χ2v) is 2.92. The Kier molecular flexibility index (Phi) is 2.40. The van der Waals surface area contributed by atoms with Crippen molar-refractivity contribution in [1.29, 1.82) is 0 Å². The van der Waals surface area contributed by atoms with Crippen LogP contribution in [0.1, 0.15) is 11.3 Å². The van der Waals surface area contributed by atoms with E-state index in [-0.39, 0.29) is 0 Å². The molecule has 0 unspecified atom stereocenters. The maximum atomic E-state index is 5.44. The van der Waals surface area contributed by atoms with E-state index in [0.717, 1.165) is 15.7 Å². The molecule has 54 valence electrons. The lowest BCUT2D eigenvalue weighted by Gasteiger charge is -2.01. The second kappa shape index (κ2) is 3.12. The maximum Gasteiger partial charge on any atom is 0.0579 e. The van der Waals surface area contributed by atoms with E-state index < -0.39 is 0 Å². The van der Waals surface area contributed by atoms with Crippen LogP contribution < -0.4 is 5.73 Å². The third kappa shape index (κ3) is 1.36. The van der Waals surface area contributed by atoms with Crippen molar-refractivity contribution in [2.75, 3.05) is 0 Å². The van der Waals surface area contributed by atoms with E-state index in [1.807, 2.05) is 13.0 Å². The van der Waals surface area contributed by atoms with Crippen LogP contribution in [0.2, 0.25) is 0 Å². The normalized spacial score (nSPS) is 9.90. The number of aromatic nitrogens is 1. The van der Waals surface area contributed by atoms with Crippen LogP contribution in [-0.2, 0) is 6.54 Å². The molecule has 0 atom stereocenters. The molecule has 0 saturated carbocycles. The molecule has 0 aliphatic carbocycles. The molecule has 10 heavy (non-hydrogen) atoms. The standard InChI is InChI=1S/C7H9BrN2/c1-5-6(8)2-3-10-7(5)4-9/h2-3H,4,9H2,1H3. The Morgan fingerprint density at radius 2 is 2.40 bits per heavy atom. The Morgan fingerprint density at radius 3 is 2.90 bits per heavy atom. The van der Waals surface area contributed by atoms with Gasteiger partial charge in [-0.25, -0.2) is 0 Å². The summed E-state index contributed by atoms with van der Waals surface area (Å²) in [6.45, 7) is 2.50. The highest BCUT2D eigenvalue weighted by Crippen LogP contribution is 2.16. The molecule has 0 radical (unpaired) electrons. The van der Waals surface area contributed by atoms with E-state index in [9.17, 15) is 0 Å². The van der Waals surface area contributed by atoms with Crippen LogP contribution in [0.4, 0.5) is 0 Å². The summed E-state index contributed by atoms with van der Waals surface area (Å²) in [6.07, 6.45) is 1.75. The molecule has 0 aliphatic heterocycles. The van der Waals surface area contributed by atoms with Crippen LogP contribution in [-0.4, -0.2) is 4.98 Å². The van der Waals surface area contributed by atoms with Gasteiger partial charge in [0.1, 0.15) is 0 Å². The fourth-order valence-electron chi connectivity index (χ4n) is 0.758. The fourth-order valence-corrected chi connectivity index (χ4v) is 1.11. The first kappa shape index (κ1) is 7.69. The molecule has 1 aromatic rings. The van der Waals surface area contributed by atoms with Crippen molar-refractivity contribution < 1.29 is 0 Å². The minimum atomic E-state index is 0.505. The molecule has 0 aromatic carbocycles. The van der Waals surface area contributed by atoms with Gasteiger partial charge in [0.05, 0.1) is 5.69 Å². The predicted molar refractivity (Wildman–Crippen MR) is 44.6 cm³/mol. The molecule has 0 bridgehead atoms. The molecule has 2 N–H and O–H groups in total. The Balaban J connectivity index is 3.14. The van der Waals surface area contributed by atoms with Crippen LogP contribution in [0.5, 0.6) is 0 Å². The molecule has 0 spiro atoms. The third-order valence-electron chi connectivity index (χ3n) is 1.44. The highest BCUT2D eigenvalue weighted by molar-refractivity contribution is 9.10. The van der Waals surface area contributed by atoms with E-state index >= 15 is 0 Å². The molecule has 1 heterocycles. The fraction of sp³-hybridized carbons (Fsp3) is 0.286. The predicted octanol–water partition coefficient (Wildman–Crippen LogP) is 1.61. The van der Waals surface area contributed by atoms with Crippen molar-refractivity contribution in [1.82, 2.24) is 4.98 Å².